The molecule has 0 saturated heterocycles. The molecule has 1 N–H and O–H groups in total. The van der Waals surface area contributed by atoms with Crippen LogP contribution >= 0.6 is 22.6 Å². The molecule has 0 radical (unpaired) electrons. The van der Waals surface area contributed by atoms with Crippen molar-refractivity contribution in [2.45, 2.75) is 9.79 Å². The third-order valence-corrected chi connectivity index (χ3v) is 7.50. The smallest absolute Gasteiger partial charge is 0.339 e. The second kappa shape index (κ2) is 10.4. The Morgan fingerprint density at radius 3 is 2.24 bits per heavy atom. The van der Waals surface area contributed by atoms with E-state index in [2.05, 4.69) is 9.93 Å². The van der Waals surface area contributed by atoms with Crippen LogP contribution in [0.2, 0.25) is 0 Å². The standard InChI is InChI=1S/C20H16IN3O8S2/c1-31-19-12-14(13-22-23-33(27,28)16-5-3-2-4-6-16)11-18(21)20(19)32-34(29,30)17-9-7-15(8-10-17)24(25)26/h2-13,23H,1H3/b22-13-. The van der Waals surface area contributed by atoms with Crippen molar-refractivity contribution in [2.75, 3.05) is 7.11 Å². The van der Waals surface area contributed by atoms with Crippen molar-refractivity contribution in [3.05, 3.63) is 86.0 Å². The highest BCUT2D eigenvalue weighted by Gasteiger charge is 2.23. The molecule has 0 aromatic heterocycles. The average Bonchev–Trinajstić information content (AvgIpc) is 2.81. The molecular formula is C20H16IN3O8S2. The minimum absolute atomic E-state index is 0.0412. The van der Waals surface area contributed by atoms with Crippen molar-refractivity contribution in [3.8, 4) is 11.5 Å². The molecule has 14 heteroatoms. The highest BCUT2D eigenvalue weighted by molar-refractivity contribution is 14.1. The molecule has 178 valence electrons. The summed E-state index contributed by atoms with van der Waals surface area (Å²) in [5.74, 6) is -0.0618. The van der Waals surface area contributed by atoms with Gasteiger partial charge in [-0.25, -0.2) is 4.83 Å². The van der Waals surface area contributed by atoms with Crippen LogP contribution in [0, 0.1) is 13.7 Å². The van der Waals surface area contributed by atoms with E-state index in [-0.39, 0.29) is 27.0 Å². The number of nitro groups is 1. The normalized spacial score (nSPS) is 11.8. The molecule has 0 heterocycles. The molecule has 0 aliphatic heterocycles. The summed E-state index contributed by atoms with van der Waals surface area (Å²) in [7, 11) is -6.88. The van der Waals surface area contributed by atoms with Crippen LogP contribution in [0.15, 0.2) is 81.6 Å². The Morgan fingerprint density at radius 2 is 1.65 bits per heavy atom. The fourth-order valence-electron chi connectivity index (χ4n) is 2.61. The van der Waals surface area contributed by atoms with Gasteiger partial charge in [0.15, 0.2) is 11.5 Å². The quantitative estimate of drug-likeness (QED) is 0.126. The van der Waals surface area contributed by atoms with E-state index in [0.717, 1.165) is 24.3 Å². The second-order valence-corrected chi connectivity index (χ2v) is 10.9. The number of nitrogens with zero attached hydrogens (tertiary/aromatic N) is 2. The molecule has 34 heavy (non-hydrogen) atoms. The number of sulfonamides is 1. The monoisotopic (exact) mass is 617 g/mol. The molecule has 3 rings (SSSR count). The van der Waals surface area contributed by atoms with E-state index in [1.54, 1.807) is 18.2 Å². The third kappa shape index (κ3) is 6.00. The van der Waals surface area contributed by atoms with Gasteiger partial charge in [0.2, 0.25) is 0 Å². The molecule has 11 nitrogen and oxygen atoms in total. The zero-order chi connectivity index (χ0) is 24.9. The van der Waals surface area contributed by atoms with Gasteiger partial charge in [-0.15, -0.1) is 0 Å². The van der Waals surface area contributed by atoms with E-state index in [4.69, 9.17) is 8.92 Å². The van der Waals surface area contributed by atoms with Gasteiger partial charge < -0.3 is 8.92 Å². The third-order valence-electron chi connectivity index (χ3n) is 4.22. The highest BCUT2D eigenvalue weighted by atomic mass is 127. The predicted molar refractivity (Wildman–Crippen MR) is 131 cm³/mol. The van der Waals surface area contributed by atoms with Gasteiger partial charge in [-0.3, -0.25) is 10.1 Å². The molecule has 0 amide bonds. The van der Waals surface area contributed by atoms with Gasteiger partial charge in [-0.05, 0) is 64.6 Å². The van der Waals surface area contributed by atoms with E-state index in [9.17, 15) is 26.9 Å². The van der Waals surface area contributed by atoms with Gasteiger partial charge in [0.05, 0.1) is 26.7 Å². The SMILES string of the molecule is COc1cc(/C=N\NS(=O)(=O)c2ccccc2)cc(I)c1OS(=O)(=O)c1ccc([N+](=O)[O-])cc1. The molecule has 0 atom stereocenters. The number of nitro benzene ring substituents is 1. The Bertz CT molecular complexity index is 1440. The maximum absolute atomic E-state index is 12.7. The lowest BCUT2D eigenvalue weighted by Gasteiger charge is -2.13. The lowest BCUT2D eigenvalue weighted by molar-refractivity contribution is -0.384. The first-order valence-corrected chi connectivity index (χ1v) is 13.2. The number of rotatable bonds is 9. The van der Waals surface area contributed by atoms with Crippen molar-refractivity contribution in [3.63, 3.8) is 0 Å². The lowest BCUT2D eigenvalue weighted by Crippen LogP contribution is -2.18. The molecule has 0 saturated carbocycles. The summed E-state index contributed by atoms with van der Waals surface area (Å²) in [6, 6.07) is 14.8. The van der Waals surface area contributed by atoms with Crippen molar-refractivity contribution in [1.82, 2.24) is 4.83 Å². The minimum atomic E-state index is -4.32. The first-order chi connectivity index (χ1) is 16.0. The molecule has 0 fully saturated rings. The van der Waals surface area contributed by atoms with Crippen LogP contribution in [0.25, 0.3) is 0 Å². The highest BCUT2D eigenvalue weighted by Crippen LogP contribution is 2.35. The van der Waals surface area contributed by atoms with Gasteiger partial charge >= 0.3 is 10.1 Å². The van der Waals surface area contributed by atoms with E-state index in [1.165, 1.54) is 37.6 Å². The van der Waals surface area contributed by atoms with Gasteiger partial charge in [-0.2, -0.15) is 21.9 Å². The zero-order valence-corrected chi connectivity index (χ0v) is 21.1. The Morgan fingerprint density at radius 1 is 1.00 bits per heavy atom. The summed E-state index contributed by atoms with van der Waals surface area (Å²) in [6.45, 7) is 0. The number of hydrazone groups is 1. The molecule has 0 aliphatic rings. The minimum Gasteiger partial charge on any atom is -0.493 e. The maximum atomic E-state index is 12.7. The number of hydrogen-bond donors (Lipinski definition) is 1. The number of halogens is 1. The Hall–Kier alpha value is -3.24. The van der Waals surface area contributed by atoms with Crippen LogP contribution in [-0.4, -0.2) is 35.1 Å². The van der Waals surface area contributed by atoms with E-state index in [0.29, 0.717) is 9.13 Å². The van der Waals surface area contributed by atoms with Gasteiger partial charge in [0.1, 0.15) is 4.90 Å². The molecular weight excluding hydrogens is 601 g/mol. The topological polar surface area (TPSA) is 154 Å². The van der Waals surface area contributed by atoms with E-state index < -0.39 is 25.1 Å². The predicted octanol–water partition coefficient (Wildman–Crippen LogP) is 3.29. The number of benzene rings is 3. The first kappa shape index (κ1) is 25.4. The van der Waals surface area contributed by atoms with Gasteiger partial charge in [0.25, 0.3) is 15.7 Å². The summed E-state index contributed by atoms with van der Waals surface area (Å²) >= 11 is 1.83. The number of non-ortho nitro benzene ring substituents is 1. The maximum Gasteiger partial charge on any atom is 0.339 e. The molecule has 3 aromatic rings. The van der Waals surface area contributed by atoms with Crippen LogP contribution in [0.4, 0.5) is 5.69 Å². The fourth-order valence-corrected chi connectivity index (χ4v) is 5.26. The average molecular weight is 617 g/mol. The molecule has 3 aromatic carbocycles. The molecule has 0 bridgehead atoms. The fraction of sp³-hybridized carbons (Fsp3) is 0.0500. The van der Waals surface area contributed by atoms with Crippen LogP contribution in [0.5, 0.6) is 11.5 Å². The number of methoxy groups -OCH3 is 1. The van der Waals surface area contributed by atoms with Crippen LogP contribution in [-0.2, 0) is 20.1 Å². The number of ether oxygens (including phenoxy) is 1. The number of nitrogens with one attached hydrogen (secondary N) is 1. The van der Waals surface area contributed by atoms with Crippen LogP contribution in [0.1, 0.15) is 5.56 Å². The Kier molecular flexibility index (Phi) is 7.73. The van der Waals surface area contributed by atoms with Crippen molar-refractivity contribution >= 4 is 54.6 Å². The zero-order valence-electron chi connectivity index (χ0n) is 17.3. The first-order valence-electron chi connectivity index (χ1n) is 9.20. The largest absolute Gasteiger partial charge is 0.493 e. The van der Waals surface area contributed by atoms with E-state index >= 15 is 0 Å². The molecule has 0 spiro atoms. The van der Waals surface area contributed by atoms with Gasteiger partial charge in [-0.1, -0.05) is 18.2 Å². The van der Waals surface area contributed by atoms with Crippen LogP contribution in [0.3, 0.4) is 0 Å². The molecule has 0 aliphatic carbocycles. The summed E-state index contributed by atoms with van der Waals surface area (Å²) in [5.41, 5.74) is 0.134. The van der Waals surface area contributed by atoms with Crippen molar-refractivity contribution in [1.29, 1.82) is 0 Å². The van der Waals surface area contributed by atoms with Gasteiger partial charge in [0, 0.05) is 12.1 Å². The van der Waals surface area contributed by atoms with Crippen molar-refractivity contribution in [2.24, 2.45) is 5.10 Å². The van der Waals surface area contributed by atoms with E-state index in [1.807, 2.05) is 22.6 Å². The Labute approximate surface area is 208 Å². The van der Waals surface area contributed by atoms with Crippen LogP contribution < -0.4 is 13.8 Å². The van der Waals surface area contributed by atoms with Crippen molar-refractivity contribution < 1.29 is 30.7 Å². The lowest BCUT2D eigenvalue weighted by atomic mass is 10.2. The molecule has 0 unspecified atom stereocenters. The second-order valence-electron chi connectivity index (χ2n) is 6.49. The number of hydrogen-bond acceptors (Lipinski definition) is 9. The summed E-state index contributed by atoms with van der Waals surface area (Å²) in [4.78, 5) is 12.0. The summed E-state index contributed by atoms with van der Waals surface area (Å²) < 4.78 is 60.6. The Balaban J connectivity index is 1.83. The summed E-state index contributed by atoms with van der Waals surface area (Å²) in [5, 5.41) is 14.5. The summed E-state index contributed by atoms with van der Waals surface area (Å²) in [6.07, 6.45) is 1.22.